The van der Waals surface area contributed by atoms with Crippen LogP contribution in [0.15, 0.2) is 30.3 Å². The summed E-state index contributed by atoms with van der Waals surface area (Å²) >= 11 is 0. The lowest BCUT2D eigenvalue weighted by Gasteiger charge is -2.47. The zero-order chi connectivity index (χ0) is 22.7. The van der Waals surface area contributed by atoms with Gasteiger partial charge >= 0.3 is 0 Å². The summed E-state index contributed by atoms with van der Waals surface area (Å²) < 4.78 is 17.1. The average Bonchev–Trinajstić information content (AvgIpc) is 2.75. The molecule has 1 aromatic rings. The highest BCUT2D eigenvalue weighted by atomic mass is 16.7. The Hall–Kier alpha value is -1.18. The quantitative estimate of drug-likeness (QED) is 0.246. The zero-order valence-corrected chi connectivity index (χ0v) is 17.8. The van der Waals surface area contributed by atoms with E-state index in [2.05, 4.69) is 5.32 Å². The maximum atomic E-state index is 10.9. The van der Waals surface area contributed by atoms with Crippen LogP contribution < -0.4 is 16.8 Å². The van der Waals surface area contributed by atoms with Gasteiger partial charge in [0.1, 0.15) is 36.6 Å². The molecule has 3 rings (SSSR count). The highest BCUT2D eigenvalue weighted by molar-refractivity contribution is 5.15. The average molecular weight is 442 g/mol. The molecule has 0 amide bonds. The fourth-order valence-electron chi connectivity index (χ4n) is 4.35. The zero-order valence-electron chi connectivity index (χ0n) is 17.8. The number of methoxy groups -OCH3 is 1. The molecule has 0 spiro atoms. The highest BCUT2D eigenvalue weighted by Crippen LogP contribution is 2.29. The molecule has 10 heteroatoms. The Balaban J connectivity index is 1.67. The van der Waals surface area contributed by atoms with Crippen molar-refractivity contribution in [3.05, 3.63) is 35.9 Å². The summed E-state index contributed by atoms with van der Waals surface area (Å²) in [4.78, 5) is 0. The summed E-state index contributed by atoms with van der Waals surface area (Å²) in [6.45, 7) is 2.02. The van der Waals surface area contributed by atoms with Crippen LogP contribution in [-0.2, 0) is 20.8 Å². The minimum atomic E-state index is -1.37. The van der Waals surface area contributed by atoms with Crippen LogP contribution in [0.5, 0.6) is 0 Å². The summed E-state index contributed by atoms with van der Waals surface area (Å²) in [6.07, 6.45) is -8.17. The van der Waals surface area contributed by atoms with E-state index in [0.29, 0.717) is 13.0 Å². The van der Waals surface area contributed by atoms with E-state index < -0.39 is 61.1 Å². The number of rotatable bonds is 7. The second-order valence-corrected chi connectivity index (χ2v) is 8.43. The molecule has 1 saturated heterocycles. The van der Waals surface area contributed by atoms with Gasteiger partial charge in [-0.15, -0.1) is 0 Å². The Morgan fingerprint density at radius 1 is 1.10 bits per heavy atom. The second-order valence-electron chi connectivity index (χ2n) is 8.43. The van der Waals surface area contributed by atoms with Crippen LogP contribution >= 0.6 is 0 Å². The van der Waals surface area contributed by atoms with Crippen molar-refractivity contribution in [3.63, 3.8) is 0 Å². The Morgan fingerprint density at radius 3 is 2.39 bits per heavy atom. The Kier molecular flexibility index (Phi) is 8.38. The number of aliphatic hydroxyl groups is 4. The van der Waals surface area contributed by atoms with Gasteiger partial charge in [0.25, 0.3) is 0 Å². The summed E-state index contributed by atoms with van der Waals surface area (Å²) in [5, 5.41) is 44.5. The van der Waals surface area contributed by atoms with E-state index in [1.807, 2.05) is 30.3 Å². The van der Waals surface area contributed by atoms with E-state index in [1.165, 1.54) is 14.0 Å². The fourth-order valence-corrected chi connectivity index (χ4v) is 4.35. The fraction of sp³-hybridized carbons (Fsp3) is 0.714. The van der Waals surface area contributed by atoms with Gasteiger partial charge in [-0.05, 0) is 18.9 Å². The van der Waals surface area contributed by atoms with Gasteiger partial charge in [-0.3, -0.25) is 0 Å². The molecular weight excluding hydrogens is 406 g/mol. The summed E-state index contributed by atoms with van der Waals surface area (Å²) in [5.74, 6) is 0. The maximum absolute atomic E-state index is 10.9. The molecule has 2 fully saturated rings. The van der Waals surface area contributed by atoms with Crippen molar-refractivity contribution in [2.75, 3.05) is 7.11 Å². The Morgan fingerprint density at radius 2 is 1.77 bits per heavy atom. The SMILES string of the molecule is CO[C@@H]1C(NCc2ccccc2)CC(N)[C@@H](OC2OC(C(C)O)[C@@H](O)C(O)[C@@H]2N)C1O. The molecule has 1 aromatic carbocycles. The number of aliphatic hydroxyl groups excluding tert-OH is 4. The first-order valence-electron chi connectivity index (χ1n) is 10.6. The van der Waals surface area contributed by atoms with Crippen molar-refractivity contribution in [1.82, 2.24) is 5.32 Å². The monoisotopic (exact) mass is 441 g/mol. The molecule has 1 aliphatic carbocycles. The van der Waals surface area contributed by atoms with E-state index in [0.717, 1.165) is 5.56 Å². The minimum absolute atomic E-state index is 0.214. The molecule has 7 unspecified atom stereocenters. The van der Waals surface area contributed by atoms with E-state index in [-0.39, 0.29) is 6.04 Å². The summed E-state index contributed by atoms with van der Waals surface area (Å²) in [7, 11) is 1.51. The van der Waals surface area contributed by atoms with Gasteiger partial charge in [0.15, 0.2) is 6.29 Å². The molecule has 0 aromatic heterocycles. The van der Waals surface area contributed by atoms with Crippen molar-refractivity contribution in [1.29, 1.82) is 0 Å². The van der Waals surface area contributed by atoms with Crippen molar-refractivity contribution in [2.45, 2.75) is 87.0 Å². The standard InChI is InChI=1S/C21H35N3O7/c1-10(25)18-16(27)15(26)14(23)21(30-18)31-19-12(22)8-13(20(29-2)17(19)28)24-9-11-6-4-3-5-7-11/h3-7,10,12-21,24-28H,8-9,22-23H2,1-2H3/t10?,12?,13?,14-,15?,16-,17?,18?,19+,20+,21?/m0/s1. The first-order chi connectivity index (χ1) is 14.7. The number of hydrogen-bond donors (Lipinski definition) is 7. The third kappa shape index (κ3) is 5.42. The lowest BCUT2D eigenvalue weighted by Crippen LogP contribution is -2.68. The first kappa shape index (κ1) is 24.5. The topological polar surface area (TPSA) is 173 Å². The number of nitrogens with two attached hydrogens (primary N) is 2. The molecule has 0 radical (unpaired) electrons. The van der Waals surface area contributed by atoms with Crippen LogP contribution in [0.3, 0.4) is 0 Å². The molecule has 0 bridgehead atoms. The first-order valence-corrected chi connectivity index (χ1v) is 10.6. The van der Waals surface area contributed by atoms with Gasteiger partial charge in [-0.25, -0.2) is 0 Å². The minimum Gasteiger partial charge on any atom is -0.391 e. The molecule has 10 nitrogen and oxygen atoms in total. The second kappa shape index (κ2) is 10.6. The molecule has 1 heterocycles. The highest BCUT2D eigenvalue weighted by Gasteiger charge is 2.49. The van der Waals surface area contributed by atoms with Crippen molar-refractivity contribution in [2.24, 2.45) is 11.5 Å². The van der Waals surface area contributed by atoms with Crippen LogP contribution in [0.2, 0.25) is 0 Å². The molecule has 176 valence electrons. The van der Waals surface area contributed by atoms with E-state index >= 15 is 0 Å². The van der Waals surface area contributed by atoms with Crippen LogP contribution in [0.25, 0.3) is 0 Å². The van der Waals surface area contributed by atoms with E-state index in [4.69, 9.17) is 25.7 Å². The van der Waals surface area contributed by atoms with Gasteiger partial charge in [0.05, 0.1) is 12.1 Å². The van der Waals surface area contributed by atoms with Crippen LogP contribution in [0, 0.1) is 0 Å². The third-order valence-electron chi connectivity index (χ3n) is 6.15. The third-order valence-corrected chi connectivity index (χ3v) is 6.15. The lowest BCUT2D eigenvalue weighted by molar-refractivity contribution is -0.302. The maximum Gasteiger partial charge on any atom is 0.176 e. The predicted molar refractivity (Wildman–Crippen MR) is 112 cm³/mol. The van der Waals surface area contributed by atoms with Crippen molar-refractivity contribution < 1.29 is 34.6 Å². The molecule has 11 atom stereocenters. The van der Waals surface area contributed by atoms with Gasteiger partial charge in [0, 0.05) is 25.7 Å². The number of nitrogens with one attached hydrogen (secondary N) is 1. The van der Waals surface area contributed by atoms with E-state index in [9.17, 15) is 20.4 Å². The lowest BCUT2D eigenvalue weighted by atomic mass is 9.83. The van der Waals surface area contributed by atoms with E-state index in [1.54, 1.807) is 0 Å². The molecule has 2 aliphatic rings. The molecule has 1 saturated carbocycles. The Labute approximate surface area is 182 Å². The van der Waals surface area contributed by atoms with Crippen LogP contribution in [-0.4, -0.2) is 94.7 Å². The molecule has 1 aliphatic heterocycles. The molecule has 31 heavy (non-hydrogen) atoms. The van der Waals surface area contributed by atoms with Crippen LogP contribution in [0.1, 0.15) is 18.9 Å². The number of benzene rings is 1. The van der Waals surface area contributed by atoms with Crippen molar-refractivity contribution in [3.8, 4) is 0 Å². The molecular formula is C21H35N3O7. The normalized spacial score (nSPS) is 42.3. The van der Waals surface area contributed by atoms with Gasteiger partial charge in [0.2, 0.25) is 0 Å². The van der Waals surface area contributed by atoms with Crippen molar-refractivity contribution >= 4 is 0 Å². The Bertz CT molecular complexity index is 682. The summed E-state index contributed by atoms with van der Waals surface area (Å²) in [6, 6.07) is 7.98. The van der Waals surface area contributed by atoms with Gasteiger partial charge < -0.3 is 51.4 Å². The predicted octanol–water partition coefficient (Wildman–Crippen LogP) is -2.21. The number of hydrogen-bond acceptors (Lipinski definition) is 10. The number of ether oxygens (including phenoxy) is 3. The largest absolute Gasteiger partial charge is 0.391 e. The molecule has 9 N–H and O–H groups in total. The van der Waals surface area contributed by atoms with Gasteiger partial charge in [-0.1, -0.05) is 30.3 Å². The van der Waals surface area contributed by atoms with Crippen LogP contribution in [0.4, 0.5) is 0 Å². The smallest absolute Gasteiger partial charge is 0.176 e. The summed E-state index contributed by atoms with van der Waals surface area (Å²) in [5.41, 5.74) is 13.4. The van der Waals surface area contributed by atoms with Gasteiger partial charge in [-0.2, -0.15) is 0 Å².